The molecular formula is C11H23F3N3O5S2+. The fourth-order valence-electron chi connectivity index (χ4n) is 1.15. The Morgan fingerprint density at radius 2 is 1.83 bits per heavy atom. The average Bonchev–Trinajstić information content (AvgIpc) is 2.83. The van der Waals surface area contributed by atoms with E-state index in [2.05, 4.69) is 32.6 Å². The van der Waals surface area contributed by atoms with Crippen LogP contribution in [0.3, 0.4) is 0 Å². The SMILES string of the molecule is C.CC(C)OS(=O)(=O)N=S(=O)(OF)C(F)F.CCn1cc[n+](C)c1. The van der Waals surface area contributed by atoms with Crippen molar-refractivity contribution in [1.82, 2.24) is 4.57 Å². The number of nitrogens with zero attached hydrogens (tertiary/aromatic N) is 3. The first-order valence-corrected chi connectivity index (χ1v) is 9.12. The van der Waals surface area contributed by atoms with Gasteiger partial charge in [0.1, 0.15) is 12.4 Å². The molecular weight excluding hydrogens is 375 g/mol. The highest BCUT2D eigenvalue weighted by Crippen LogP contribution is 2.15. The van der Waals surface area contributed by atoms with Gasteiger partial charge in [-0.1, -0.05) is 15.6 Å². The number of alkyl halides is 2. The Morgan fingerprint density at radius 1 is 1.29 bits per heavy atom. The van der Waals surface area contributed by atoms with E-state index >= 15 is 0 Å². The van der Waals surface area contributed by atoms with Crippen LogP contribution in [-0.2, 0) is 42.5 Å². The van der Waals surface area contributed by atoms with Gasteiger partial charge in [-0.2, -0.15) is 17.2 Å². The first kappa shape index (κ1) is 25.1. The van der Waals surface area contributed by atoms with Crippen molar-refractivity contribution in [2.45, 2.75) is 46.6 Å². The van der Waals surface area contributed by atoms with Crippen molar-refractivity contribution < 1.29 is 39.1 Å². The summed E-state index contributed by atoms with van der Waals surface area (Å²) in [5.41, 5.74) is 0. The molecule has 0 amide bonds. The number of halogens is 3. The average molecular weight is 398 g/mol. The number of hydrogen-bond acceptors (Lipinski definition) is 5. The molecule has 0 aliphatic carbocycles. The van der Waals surface area contributed by atoms with Gasteiger partial charge in [0.2, 0.25) is 6.33 Å². The second-order valence-electron chi connectivity index (χ2n) is 4.40. The van der Waals surface area contributed by atoms with Gasteiger partial charge in [0.15, 0.2) is 0 Å². The first-order chi connectivity index (χ1) is 10.5. The predicted molar refractivity (Wildman–Crippen MR) is 81.9 cm³/mol. The maximum atomic E-state index is 11.9. The summed E-state index contributed by atoms with van der Waals surface area (Å²) >= 11 is 0. The summed E-state index contributed by atoms with van der Waals surface area (Å²) < 4.78 is 80.1. The first-order valence-electron chi connectivity index (χ1n) is 6.25. The van der Waals surface area contributed by atoms with Crippen LogP contribution in [0.5, 0.6) is 0 Å². The minimum atomic E-state index is -5.23. The fourth-order valence-corrected chi connectivity index (χ4v) is 3.20. The maximum Gasteiger partial charge on any atom is 0.391 e. The van der Waals surface area contributed by atoms with E-state index in [1.807, 2.05) is 21.6 Å². The van der Waals surface area contributed by atoms with Crippen LogP contribution in [0.4, 0.5) is 13.3 Å². The van der Waals surface area contributed by atoms with Gasteiger partial charge in [-0.3, -0.25) is 0 Å². The largest absolute Gasteiger partial charge is 0.391 e. The van der Waals surface area contributed by atoms with Gasteiger partial charge in [-0.05, 0) is 25.3 Å². The lowest BCUT2D eigenvalue weighted by Gasteiger charge is -2.05. The molecule has 13 heteroatoms. The van der Waals surface area contributed by atoms with Gasteiger partial charge < -0.3 is 0 Å². The van der Waals surface area contributed by atoms with Crippen molar-refractivity contribution in [2.75, 3.05) is 0 Å². The molecule has 0 saturated carbocycles. The van der Waals surface area contributed by atoms with Crippen LogP contribution in [0.1, 0.15) is 28.2 Å². The summed E-state index contributed by atoms with van der Waals surface area (Å²) in [6, 6.07) is 0. The summed E-state index contributed by atoms with van der Waals surface area (Å²) in [4.78, 5) is 0. The summed E-state index contributed by atoms with van der Waals surface area (Å²) in [5.74, 6) is -3.91. The van der Waals surface area contributed by atoms with Gasteiger partial charge in [0.05, 0.1) is 19.7 Å². The highest BCUT2D eigenvalue weighted by Gasteiger charge is 2.29. The van der Waals surface area contributed by atoms with Crippen molar-refractivity contribution in [1.29, 1.82) is 0 Å². The van der Waals surface area contributed by atoms with Crippen LogP contribution in [0.15, 0.2) is 22.5 Å². The molecule has 0 aliphatic rings. The van der Waals surface area contributed by atoms with Crippen molar-refractivity contribution in [3.63, 3.8) is 0 Å². The van der Waals surface area contributed by atoms with Crippen molar-refractivity contribution in [2.24, 2.45) is 10.8 Å². The predicted octanol–water partition coefficient (Wildman–Crippen LogP) is 2.13. The Hall–Kier alpha value is -1.18. The molecule has 0 N–H and O–H groups in total. The molecule has 0 spiro atoms. The topological polar surface area (TPSA) is 90.8 Å². The van der Waals surface area contributed by atoms with Crippen molar-refractivity contribution >= 4 is 20.3 Å². The summed E-state index contributed by atoms with van der Waals surface area (Å²) in [6.45, 7) is 5.70. The summed E-state index contributed by atoms with van der Waals surface area (Å²) in [5, 5.41) is 0. The smallest absolute Gasteiger partial charge is 0.249 e. The molecule has 0 fully saturated rings. The van der Waals surface area contributed by atoms with Crippen molar-refractivity contribution in [3.05, 3.63) is 18.7 Å². The Labute approximate surface area is 140 Å². The highest BCUT2D eigenvalue weighted by molar-refractivity contribution is 7.99. The van der Waals surface area contributed by atoms with Crippen LogP contribution in [0.25, 0.3) is 0 Å². The van der Waals surface area contributed by atoms with Gasteiger partial charge >= 0.3 is 16.1 Å². The number of aryl methyl sites for hydroxylation is 2. The second-order valence-corrected chi connectivity index (χ2v) is 7.55. The number of aromatic nitrogens is 2. The van der Waals surface area contributed by atoms with E-state index in [0.29, 0.717) is 0 Å². The monoisotopic (exact) mass is 398 g/mol. The van der Waals surface area contributed by atoms with Gasteiger partial charge in [-0.15, -0.1) is 0 Å². The molecule has 0 radical (unpaired) electrons. The van der Waals surface area contributed by atoms with Crippen molar-refractivity contribution in [3.8, 4) is 0 Å². The Balaban J connectivity index is 0. The Bertz CT molecular complexity index is 698. The lowest BCUT2D eigenvalue weighted by molar-refractivity contribution is -0.671. The zero-order valence-corrected chi connectivity index (χ0v) is 14.6. The van der Waals surface area contributed by atoms with Crippen LogP contribution in [0, 0.1) is 0 Å². The van der Waals surface area contributed by atoms with Crippen LogP contribution < -0.4 is 4.57 Å². The van der Waals surface area contributed by atoms with Gasteiger partial charge in [0, 0.05) is 0 Å². The zero-order chi connectivity index (χ0) is 18.3. The lowest BCUT2D eigenvalue weighted by atomic mass is 10.5. The molecule has 0 saturated heterocycles. The second kappa shape index (κ2) is 10.6. The third kappa shape index (κ3) is 9.20. The minimum Gasteiger partial charge on any atom is -0.249 e. The van der Waals surface area contributed by atoms with E-state index in [1.165, 1.54) is 13.8 Å². The van der Waals surface area contributed by atoms with Crippen LogP contribution in [0.2, 0.25) is 0 Å². The van der Waals surface area contributed by atoms with Gasteiger partial charge in [-0.25, -0.2) is 17.5 Å². The summed E-state index contributed by atoms with van der Waals surface area (Å²) in [7, 11) is -8.11. The third-order valence-electron chi connectivity index (χ3n) is 2.01. The normalized spacial score (nSPS) is 13.7. The van der Waals surface area contributed by atoms with E-state index in [0.717, 1.165) is 6.54 Å². The molecule has 0 aromatic carbocycles. The molecule has 24 heavy (non-hydrogen) atoms. The maximum absolute atomic E-state index is 11.9. The number of imidazole rings is 1. The number of rotatable bonds is 6. The van der Waals surface area contributed by atoms with Gasteiger partial charge in [0.25, 0.3) is 10.0 Å². The molecule has 0 bridgehead atoms. The molecule has 144 valence electrons. The molecule has 1 atom stereocenters. The summed E-state index contributed by atoms with van der Waals surface area (Å²) in [6.07, 6.45) is 5.23. The Morgan fingerprint density at radius 3 is 2.08 bits per heavy atom. The quantitative estimate of drug-likeness (QED) is 0.685. The van der Waals surface area contributed by atoms with E-state index < -0.39 is 32.2 Å². The third-order valence-corrected chi connectivity index (χ3v) is 4.83. The van der Waals surface area contributed by atoms with E-state index in [9.17, 15) is 25.9 Å². The molecule has 1 rings (SSSR count). The molecule has 1 aromatic heterocycles. The molecule has 1 unspecified atom stereocenters. The minimum absolute atomic E-state index is 0. The zero-order valence-electron chi connectivity index (χ0n) is 12.9. The Kier molecular flexibility index (Phi) is 11.1. The highest BCUT2D eigenvalue weighted by atomic mass is 32.3. The number of hydrogen-bond donors (Lipinski definition) is 0. The van der Waals surface area contributed by atoms with Crippen LogP contribution >= 0.6 is 0 Å². The molecule has 1 heterocycles. The van der Waals surface area contributed by atoms with E-state index in [4.69, 9.17) is 0 Å². The molecule has 8 nitrogen and oxygen atoms in total. The molecule has 1 aromatic rings. The fraction of sp³-hybridized carbons (Fsp3) is 0.727. The van der Waals surface area contributed by atoms with E-state index in [1.54, 1.807) is 0 Å². The van der Waals surface area contributed by atoms with E-state index in [-0.39, 0.29) is 7.43 Å². The molecule has 0 aliphatic heterocycles. The standard InChI is InChI=1S/C6H11N2.C4H8F3NO5S2.CH4/c1-3-8-5-4-7(2)6-8;1-3(2)12-15(10,11)8-14(9,13-7)4(5)6;/h4-6H,3H2,1-2H3;3-4H,1-2H3;1H4/q+1;;. The lowest BCUT2D eigenvalue weighted by Crippen LogP contribution is -2.23. The van der Waals surface area contributed by atoms with Crippen LogP contribution in [-0.4, -0.2) is 29.1 Å².